The van der Waals surface area contributed by atoms with Crippen LogP contribution in [0.4, 0.5) is 11.4 Å². The summed E-state index contributed by atoms with van der Waals surface area (Å²) in [6, 6.07) is 15.1. The number of rotatable bonds is 12. The maximum absolute atomic E-state index is 12.1. The number of carbonyl (C=O) groups excluding carboxylic acids is 1. The molecule has 27 heavy (non-hydrogen) atoms. The Morgan fingerprint density at radius 1 is 0.778 bits per heavy atom. The molecule has 5 heteroatoms. The molecule has 2 aromatic rings. The van der Waals surface area contributed by atoms with Crippen molar-refractivity contribution < 1.29 is 14.3 Å². The Hall–Kier alpha value is -2.69. The van der Waals surface area contributed by atoms with Gasteiger partial charge in [-0.2, -0.15) is 0 Å². The van der Waals surface area contributed by atoms with E-state index in [2.05, 4.69) is 24.5 Å². The third kappa shape index (κ3) is 8.03. The predicted octanol–water partition coefficient (Wildman–Crippen LogP) is 5.10. The van der Waals surface area contributed by atoms with E-state index in [-0.39, 0.29) is 12.5 Å². The number of nitrogens with one attached hydrogen (secondary N) is 2. The Kier molecular flexibility index (Phi) is 9.04. The monoisotopic (exact) mass is 370 g/mol. The van der Waals surface area contributed by atoms with E-state index >= 15 is 0 Å². The molecule has 0 saturated heterocycles. The molecule has 146 valence electrons. The minimum absolute atomic E-state index is 0.0991. The van der Waals surface area contributed by atoms with Crippen molar-refractivity contribution in [3.05, 3.63) is 48.5 Å². The molecule has 0 bridgehead atoms. The number of anilines is 2. The van der Waals surface area contributed by atoms with Crippen LogP contribution in [0.15, 0.2) is 48.5 Å². The van der Waals surface area contributed by atoms with Crippen molar-refractivity contribution in [2.24, 2.45) is 0 Å². The van der Waals surface area contributed by atoms with Crippen molar-refractivity contribution in [2.75, 3.05) is 30.4 Å². The molecule has 2 rings (SSSR count). The molecule has 2 aromatic carbocycles. The van der Waals surface area contributed by atoms with Crippen LogP contribution in [0.5, 0.6) is 11.5 Å². The van der Waals surface area contributed by atoms with Gasteiger partial charge in [0.1, 0.15) is 11.5 Å². The van der Waals surface area contributed by atoms with Gasteiger partial charge in [0.05, 0.1) is 19.8 Å². The Morgan fingerprint density at radius 2 is 1.26 bits per heavy atom. The summed E-state index contributed by atoms with van der Waals surface area (Å²) in [6.07, 6.45) is 4.31. The Morgan fingerprint density at radius 3 is 1.74 bits per heavy atom. The number of ether oxygens (including phenoxy) is 2. The molecule has 0 unspecified atom stereocenters. The lowest BCUT2D eigenvalue weighted by atomic mass is 10.3. The van der Waals surface area contributed by atoms with Gasteiger partial charge in [0.15, 0.2) is 0 Å². The number of amides is 1. The lowest BCUT2D eigenvalue weighted by molar-refractivity contribution is -0.114. The normalized spacial score (nSPS) is 10.3. The maximum Gasteiger partial charge on any atom is 0.243 e. The molecule has 0 fully saturated rings. The van der Waals surface area contributed by atoms with Gasteiger partial charge in [0.25, 0.3) is 0 Å². The summed E-state index contributed by atoms with van der Waals surface area (Å²) in [4.78, 5) is 12.1. The average molecular weight is 370 g/mol. The van der Waals surface area contributed by atoms with E-state index in [9.17, 15) is 4.79 Å². The summed E-state index contributed by atoms with van der Waals surface area (Å²) in [5.74, 6) is 1.57. The first kappa shape index (κ1) is 20.6. The van der Waals surface area contributed by atoms with Crippen molar-refractivity contribution in [1.82, 2.24) is 0 Å². The highest BCUT2D eigenvalue weighted by Crippen LogP contribution is 2.17. The van der Waals surface area contributed by atoms with Crippen molar-refractivity contribution in [3.63, 3.8) is 0 Å². The van der Waals surface area contributed by atoms with E-state index in [1.807, 2.05) is 48.5 Å². The number of hydrogen-bond donors (Lipinski definition) is 2. The van der Waals surface area contributed by atoms with E-state index in [1.54, 1.807) is 0 Å². The fraction of sp³-hybridized carbons (Fsp3) is 0.409. The van der Waals surface area contributed by atoms with Crippen molar-refractivity contribution in [3.8, 4) is 11.5 Å². The molecular weight excluding hydrogens is 340 g/mol. The topological polar surface area (TPSA) is 59.6 Å². The lowest BCUT2D eigenvalue weighted by Crippen LogP contribution is -2.21. The largest absolute Gasteiger partial charge is 0.494 e. The molecule has 0 spiro atoms. The minimum atomic E-state index is -0.0991. The average Bonchev–Trinajstić information content (AvgIpc) is 2.69. The standard InChI is InChI=1S/C22H30N2O3/c1-3-5-15-26-20-11-7-18(8-12-20)23-17-22(25)24-19-9-13-21(14-10-19)27-16-6-4-2/h7-14,23H,3-6,15-17H2,1-2H3,(H,24,25). The van der Waals surface area contributed by atoms with E-state index in [4.69, 9.17) is 9.47 Å². The van der Waals surface area contributed by atoms with Gasteiger partial charge in [-0.05, 0) is 61.4 Å². The molecule has 0 aliphatic rings. The van der Waals surface area contributed by atoms with Crippen LogP contribution >= 0.6 is 0 Å². The van der Waals surface area contributed by atoms with Gasteiger partial charge in [-0.1, -0.05) is 26.7 Å². The van der Waals surface area contributed by atoms with Crippen LogP contribution < -0.4 is 20.1 Å². The highest BCUT2D eigenvalue weighted by atomic mass is 16.5. The fourth-order valence-corrected chi connectivity index (χ4v) is 2.36. The van der Waals surface area contributed by atoms with Gasteiger partial charge >= 0.3 is 0 Å². The second-order valence-electron chi connectivity index (χ2n) is 6.35. The van der Waals surface area contributed by atoms with Crippen LogP contribution in [-0.2, 0) is 4.79 Å². The quantitative estimate of drug-likeness (QED) is 0.511. The molecule has 0 radical (unpaired) electrons. The van der Waals surface area contributed by atoms with Crippen molar-refractivity contribution >= 4 is 17.3 Å². The molecule has 0 saturated carbocycles. The van der Waals surface area contributed by atoms with E-state index in [0.29, 0.717) is 6.61 Å². The molecule has 1 amide bonds. The molecule has 0 aliphatic carbocycles. The summed E-state index contributed by atoms with van der Waals surface area (Å²) in [6.45, 7) is 5.91. The first-order valence-electron chi connectivity index (χ1n) is 9.70. The third-order valence-electron chi connectivity index (χ3n) is 3.98. The number of carbonyl (C=O) groups is 1. The van der Waals surface area contributed by atoms with Gasteiger partial charge in [-0.25, -0.2) is 0 Å². The second kappa shape index (κ2) is 11.8. The molecule has 0 aliphatic heterocycles. The minimum Gasteiger partial charge on any atom is -0.494 e. The number of unbranched alkanes of at least 4 members (excludes halogenated alkanes) is 2. The Labute approximate surface area is 162 Å². The zero-order chi connectivity index (χ0) is 19.3. The molecule has 0 heterocycles. The lowest BCUT2D eigenvalue weighted by Gasteiger charge is -2.10. The first-order valence-corrected chi connectivity index (χ1v) is 9.70. The van der Waals surface area contributed by atoms with Gasteiger partial charge in [0, 0.05) is 11.4 Å². The predicted molar refractivity (Wildman–Crippen MR) is 111 cm³/mol. The molecule has 0 aromatic heterocycles. The van der Waals surface area contributed by atoms with Gasteiger partial charge in [-0.3, -0.25) is 4.79 Å². The SMILES string of the molecule is CCCCOc1ccc(NCC(=O)Nc2ccc(OCCCC)cc2)cc1. The highest BCUT2D eigenvalue weighted by molar-refractivity contribution is 5.93. The summed E-state index contributed by atoms with van der Waals surface area (Å²) >= 11 is 0. The molecule has 0 atom stereocenters. The van der Waals surface area contributed by atoms with E-state index in [0.717, 1.165) is 55.2 Å². The molecular formula is C22H30N2O3. The summed E-state index contributed by atoms with van der Waals surface area (Å²) in [5.41, 5.74) is 1.64. The first-order chi connectivity index (χ1) is 13.2. The van der Waals surface area contributed by atoms with Crippen LogP contribution in [0.1, 0.15) is 39.5 Å². The summed E-state index contributed by atoms with van der Waals surface area (Å²) in [7, 11) is 0. The van der Waals surface area contributed by atoms with Gasteiger partial charge < -0.3 is 20.1 Å². The molecule has 2 N–H and O–H groups in total. The van der Waals surface area contributed by atoms with Crippen LogP contribution in [0.2, 0.25) is 0 Å². The Bertz CT molecular complexity index is 669. The molecule has 5 nitrogen and oxygen atoms in total. The smallest absolute Gasteiger partial charge is 0.243 e. The zero-order valence-electron chi connectivity index (χ0n) is 16.3. The second-order valence-corrected chi connectivity index (χ2v) is 6.35. The van der Waals surface area contributed by atoms with Gasteiger partial charge in [0.2, 0.25) is 5.91 Å². The van der Waals surface area contributed by atoms with Crippen LogP contribution in [0.3, 0.4) is 0 Å². The summed E-state index contributed by atoms with van der Waals surface area (Å²) < 4.78 is 11.2. The number of hydrogen-bond acceptors (Lipinski definition) is 4. The Balaban J connectivity index is 1.72. The summed E-state index contributed by atoms with van der Waals surface area (Å²) in [5, 5.41) is 5.98. The highest BCUT2D eigenvalue weighted by Gasteiger charge is 2.03. The number of benzene rings is 2. The van der Waals surface area contributed by atoms with Crippen LogP contribution in [-0.4, -0.2) is 25.7 Å². The fourth-order valence-electron chi connectivity index (χ4n) is 2.36. The van der Waals surface area contributed by atoms with E-state index < -0.39 is 0 Å². The van der Waals surface area contributed by atoms with Crippen molar-refractivity contribution in [1.29, 1.82) is 0 Å². The van der Waals surface area contributed by atoms with E-state index in [1.165, 1.54) is 0 Å². The van der Waals surface area contributed by atoms with Crippen LogP contribution in [0.25, 0.3) is 0 Å². The third-order valence-corrected chi connectivity index (χ3v) is 3.98. The van der Waals surface area contributed by atoms with Gasteiger partial charge in [-0.15, -0.1) is 0 Å². The maximum atomic E-state index is 12.1. The van der Waals surface area contributed by atoms with Crippen LogP contribution in [0, 0.1) is 0 Å². The van der Waals surface area contributed by atoms with Crippen molar-refractivity contribution in [2.45, 2.75) is 39.5 Å². The zero-order valence-corrected chi connectivity index (χ0v) is 16.3.